The van der Waals surface area contributed by atoms with Gasteiger partial charge in [-0.25, -0.2) is 0 Å². The van der Waals surface area contributed by atoms with Crippen molar-refractivity contribution >= 4 is 0 Å². The number of aromatic nitrogens is 4. The molecule has 0 spiro atoms. The van der Waals surface area contributed by atoms with E-state index >= 15 is 0 Å². The van der Waals surface area contributed by atoms with Gasteiger partial charge in [0.15, 0.2) is 0 Å². The Hall–Kier alpha value is -6.78. The van der Waals surface area contributed by atoms with Crippen LogP contribution in [0.4, 0.5) is 0 Å². The second-order valence-electron chi connectivity index (χ2n) is 14.9. The molecule has 348 valence electrons. The molecule has 0 amide bonds. The molecule has 4 heterocycles. The van der Waals surface area contributed by atoms with Gasteiger partial charge in [0.1, 0.15) is 0 Å². The zero-order chi connectivity index (χ0) is 56.9. The first-order valence-corrected chi connectivity index (χ1v) is 21.4. The van der Waals surface area contributed by atoms with Crippen LogP contribution < -0.4 is 0 Å². The van der Waals surface area contributed by atoms with E-state index in [1.54, 1.807) is 73.9 Å². The van der Waals surface area contributed by atoms with Crippen molar-refractivity contribution in [2.24, 2.45) is 0 Å². The molecule has 2 radical (unpaired) electrons. The summed E-state index contributed by atoms with van der Waals surface area (Å²) in [5.41, 5.74) is 12.1. The molecule has 4 nitrogen and oxygen atoms in total. The number of hydrogen-bond donors (Lipinski definition) is 0. The van der Waals surface area contributed by atoms with Gasteiger partial charge in [-0.15, -0.1) is 144 Å². The summed E-state index contributed by atoms with van der Waals surface area (Å²) < 4.78 is 90.3. The number of pyridine rings is 4. The van der Waals surface area contributed by atoms with Crippen molar-refractivity contribution in [1.29, 1.82) is 0 Å². The standard InChI is InChI=1S/C20H18N.C19H16N.2C12H10N.2Ir/c1-15(2)17-9-6-10-18(13-17)19-11-12-21-20(14-19)16-7-4-3-5-8-16;1-2-15-7-6-10-17(13-15)18-11-12-20-19(14-18)16-8-4-3-5-9-16;2*1-10-7-8-12(13-9-10)11-5-3-2-4-6-11;;/h3-7,9-15H,1-2H3;3-8,10-14H,2H2,1H3;2*2-5,7-9H,1H3;;/q4*-1;;/i1D3,15D;2D2;2*1D3;;. The predicted octanol–water partition coefficient (Wildman–Crippen LogP) is 15.8. The third kappa shape index (κ3) is 16.2. The Bertz CT molecular complexity index is 3410. The van der Waals surface area contributed by atoms with Crippen LogP contribution in [-0.4, -0.2) is 19.9 Å². The minimum absolute atomic E-state index is 0. The van der Waals surface area contributed by atoms with Crippen LogP contribution in [0.25, 0.3) is 67.3 Å². The van der Waals surface area contributed by atoms with Gasteiger partial charge in [-0.05, 0) is 105 Å². The molecule has 6 aromatic carbocycles. The van der Waals surface area contributed by atoms with E-state index in [1.165, 1.54) is 19.3 Å². The number of rotatable bonds is 8. The number of hydrogen-bond acceptors (Lipinski definition) is 4. The Morgan fingerprint density at radius 1 is 0.464 bits per heavy atom. The summed E-state index contributed by atoms with van der Waals surface area (Å²) in [4.78, 5) is 17.0. The quantitative estimate of drug-likeness (QED) is 0.142. The van der Waals surface area contributed by atoms with Gasteiger partial charge in [0, 0.05) is 81.4 Å². The van der Waals surface area contributed by atoms with E-state index in [0.717, 1.165) is 67.3 Å². The van der Waals surface area contributed by atoms with Gasteiger partial charge in [-0.2, -0.15) is 0 Å². The maximum absolute atomic E-state index is 8.27. The number of aryl methyl sites for hydroxylation is 3. The van der Waals surface area contributed by atoms with E-state index in [1.807, 2.05) is 140 Å². The van der Waals surface area contributed by atoms with Crippen LogP contribution in [0.5, 0.6) is 0 Å². The first kappa shape index (κ1) is 38.1. The normalized spacial score (nSPS) is 14.2. The van der Waals surface area contributed by atoms with Crippen molar-refractivity contribution < 1.29 is 56.7 Å². The van der Waals surface area contributed by atoms with Crippen molar-refractivity contribution in [3.8, 4) is 67.3 Å². The summed E-state index contributed by atoms with van der Waals surface area (Å²) >= 11 is 0. The summed E-state index contributed by atoms with van der Waals surface area (Å²) in [6.07, 6.45) is 4.94. The Labute approximate surface area is 453 Å². The zero-order valence-corrected chi connectivity index (χ0v) is 42.5. The molecule has 10 rings (SSSR count). The maximum atomic E-state index is 8.27. The van der Waals surface area contributed by atoms with E-state index in [-0.39, 0.29) is 51.3 Å². The third-order valence-corrected chi connectivity index (χ3v) is 10.1. The molecule has 0 fully saturated rings. The van der Waals surface area contributed by atoms with Crippen molar-refractivity contribution in [3.05, 3.63) is 265 Å². The molecule has 6 heteroatoms. The Balaban J connectivity index is 0.000000200. The zero-order valence-electron chi connectivity index (χ0n) is 49.7. The fourth-order valence-corrected chi connectivity index (χ4v) is 6.62. The van der Waals surface area contributed by atoms with Crippen LogP contribution in [0, 0.1) is 38.0 Å². The minimum Gasteiger partial charge on any atom is -0.305 e. The summed E-state index contributed by atoms with van der Waals surface area (Å²) in [6, 6.07) is 71.8. The molecule has 0 bridgehead atoms. The van der Waals surface area contributed by atoms with Gasteiger partial charge in [0.2, 0.25) is 0 Å². The molecule has 69 heavy (non-hydrogen) atoms. The van der Waals surface area contributed by atoms with Crippen LogP contribution in [-0.2, 0) is 46.6 Å². The van der Waals surface area contributed by atoms with Crippen LogP contribution in [0.2, 0.25) is 0 Å². The van der Waals surface area contributed by atoms with Gasteiger partial charge in [0.05, 0.1) is 0 Å². The van der Waals surface area contributed by atoms with Crippen molar-refractivity contribution in [3.63, 3.8) is 0 Å². The first-order chi connectivity index (χ1) is 37.5. The Morgan fingerprint density at radius 2 is 0.899 bits per heavy atom. The predicted molar refractivity (Wildman–Crippen MR) is 278 cm³/mol. The van der Waals surface area contributed by atoms with Crippen molar-refractivity contribution in [2.45, 2.75) is 46.7 Å². The largest absolute Gasteiger partial charge is 0.305 e. The molecule has 0 aliphatic carbocycles. The molecule has 10 aromatic rings. The first-order valence-electron chi connectivity index (χ1n) is 27.4. The average molecular weight is 1260 g/mol. The molecule has 0 saturated heterocycles. The Kier molecular flexibility index (Phi) is 15.4. The fraction of sp³-hybridized carbons (Fsp3) is 0.111. The monoisotopic (exact) mass is 1260 g/mol. The van der Waals surface area contributed by atoms with Crippen LogP contribution >= 0.6 is 0 Å². The van der Waals surface area contributed by atoms with Crippen molar-refractivity contribution in [1.82, 2.24) is 19.9 Å². The molecule has 0 aliphatic rings. The van der Waals surface area contributed by atoms with Crippen LogP contribution in [0.3, 0.4) is 0 Å². The van der Waals surface area contributed by atoms with Gasteiger partial charge in [-0.3, -0.25) is 0 Å². The average Bonchev–Trinajstić information content (AvgIpc) is 3.53. The van der Waals surface area contributed by atoms with E-state index < -0.39 is 32.8 Å². The van der Waals surface area contributed by atoms with Crippen LogP contribution in [0.15, 0.2) is 219 Å². The van der Waals surface area contributed by atoms with E-state index in [2.05, 4.69) is 44.2 Å². The molecule has 1 unspecified atom stereocenters. The van der Waals surface area contributed by atoms with Gasteiger partial charge < -0.3 is 19.9 Å². The molecular formula is C63H54Ir2N4-4. The van der Waals surface area contributed by atoms with Crippen molar-refractivity contribution in [2.75, 3.05) is 0 Å². The summed E-state index contributed by atoms with van der Waals surface area (Å²) in [7, 11) is 0. The second kappa shape index (κ2) is 27.9. The molecule has 1 atom stereocenters. The number of nitrogens with zero attached hydrogens (tertiary/aromatic N) is 4. The molecule has 0 saturated carbocycles. The minimum atomic E-state index is -2.39. The smallest absolute Gasteiger partial charge is 0.0347 e. The summed E-state index contributed by atoms with van der Waals surface area (Å²) in [5.74, 6) is -1.66. The van der Waals surface area contributed by atoms with Gasteiger partial charge in [0.25, 0.3) is 0 Å². The topological polar surface area (TPSA) is 51.6 Å². The number of benzene rings is 6. The maximum Gasteiger partial charge on any atom is 0.0347 e. The third-order valence-electron chi connectivity index (χ3n) is 10.1. The Morgan fingerprint density at radius 3 is 1.29 bits per heavy atom. The molecule has 0 aliphatic heterocycles. The van der Waals surface area contributed by atoms with E-state index in [9.17, 15) is 0 Å². The fourth-order valence-electron chi connectivity index (χ4n) is 6.62. The van der Waals surface area contributed by atoms with E-state index in [4.69, 9.17) is 16.4 Å². The van der Waals surface area contributed by atoms with Gasteiger partial charge >= 0.3 is 0 Å². The van der Waals surface area contributed by atoms with E-state index in [0.29, 0.717) is 11.1 Å². The molecule has 0 N–H and O–H groups in total. The summed E-state index contributed by atoms with van der Waals surface area (Å²) in [5, 5.41) is 0. The molecular weight excluding hydrogens is 1200 g/mol. The molecule has 4 aromatic heterocycles. The summed E-state index contributed by atoms with van der Waals surface area (Å²) in [6.45, 7) is -3.58. The second-order valence-corrected chi connectivity index (χ2v) is 14.9. The van der Waals surface area contributed by atoms with Gasteiger partial charge in [-0.1, -0.05) is 106 Å². The van der Waals surface area contributed by atoms with Crippen LogP contribution in [0.1, 0.15) is 65.3 Å². The SMILES string of the molecule is [2H]C([2H])(C)c1cccc(-c2ccnc(-c3[c-]cccc3)c2)c1.[2H]C([2H])([2H])C([2H])(C)c1cccc(-c2ccnc(-c3[c-]cccc3)c2)c1.[2H]C([2H])([2H])c1ccc(-c2[c-]cccc2)nc1.[2H]C([2H])([2H])c1ccc(-c2[c-]cccc2)nc1.[Ir].[Ir].